The number of rotatable bonds is 4. The van der Waals surface area contributed by atoms with Crippen LogP contribution >= 0.6 is 0 Å². The number of hydrogen-bond donors (Lipinski definition) is 3. The van der Waals surface area contributed by atoms with Crippen molar-refractivity contribution in [1.29, 1.82) is 0 Å². The molecule has 0 amide bonds. The minimum Gasteiger partial charge on any atom is -0.393 e. The van der Waals surface area contributed by atoms with E-state index in [4.69, 9.17) is 16.5 Å². The Hall–Kier alpha value is -3.68. The summed E-state index contributed by atoms with van der Waals surface area (Å²) in [6.07, 6.45) is 3.14. The molecular weight excluding hydrogens is 328 g/mol. The summed E-state index contributed by atoms with van der Waals surface area (Å²) in [6.45, 7) is 1.98. The van der Waals surface area contributed by atoms with Gasteiger partial charge in [-0.25, -0.2) is 19.9 Å². The first kappa shape index (κ1) is 15.8. The van der Waals surface area contributed by atoms with E-state index in [9.17, 15) is 0 Å². The predicted octanol–water partition coefficient (Wildman–Crippen LogP) is 2.55. The molecule has 130 valence electrons. The van der Waals surface area contributed by atoms with Crippen molar-refractivity contribution in [3.05, 3.63) is 60.8 Å². The zero-order valence-electron chi connectivity index (χ0n) is 14.2. The molecule has 5 N–H and O–H groups in total. The van der Waals surface area contributed by atoms with Crippen LogP contribution in [0.1, 0.15) is 18.8 Å². The third-order valence-corrected chi connectivity index (χ3v) is 4.11. The van der Waals surface area contributed by atoms with E-state index >= 15 is 0 Å². The van der Waals surface area contributed by atoms with Gasteiger partial charge in [0.15, 0.2) is 17.3 Å². The molecule has 3 aromatic heterocycles. The molecule has 0 spiro atoms. The van der Waals surface area contributed by atoms with Gasteiger partial charge >= 0.3 is 0 Å². The Balaban J connectivity index is 1.82. The Kier molecular flexibility index (Phi) is 3.85. The van der Waals surface area contributed by atoms with Crippen molar-refractivity contribution in [2.24, 2.45) is 0 Å². The van der Waals surface area contributed by atoms with Gasteiger partial charge in [-0.15, -0.1) is 0 Å². The molecule has 0 aliphatic heterocycles. The van der Waals surface area contributed by atoms with Gasteiger partial charge in [0.2, 0.25) is 0 Å². The Morgan fingerprint density at radius 1 is 1.00 bits per heavy atom. The monoisotopic (exact) mass is 346 g/mol. The summed E-state index contributed by atoms with van der Waals surface area (Å²) >= 11 is 0. The molecular formula is C18H18N8. The second-order valence-corrected chi connectivity index (χ2v) is 5.87. The molecule has 3 heterocycles. The molecule has 4 rings (SSSR count). The fourth-order valence-electron chi connectivity index (χ4n) is 2.85. The number of imidazole rings is 1. The number of pyridine rings is 1. The van der Waals surface area contributed by atoms with Crippen molar-refractivity contribution in [2.75, 3.05) is 16.8 Å². The van der Waals surface area contributed by atoms with Crippen LogP contribution in [0.3, 0.4) is 0 Å². The number of aromatic nitrogens is 5. The molecule has 1 aromatic carbocycles. The summed E-state index contributed by atoms with van der Waals surface area (Å²) in [4.78, 5) is 17.3. The number of nitrogens with zero attached hydrogens (tertiary/aromatic N) is 5. The van der Waals surface area contributed by atoms with E-state index in [1.165, 1.54) is 6.33 Å². The summed E-state index contributed by atoms with van der Waals surface area (Å²) in [5.41, 5.74) is 14.7. The minimum absolute atomic E-state index is 0.194. The maximum atomic E-state index is 5.98. The normalized spacial score (nSPS) is 12.2. The first-order valence-corrected chi connectivity index (χ1v) is 8.16. The van der Waals surface area contributed by atoms with Crippen molar-refractivity contribution < 1.29 is 0 Å². The van der Waals surface area contributed by atoms with E-state index in [0.29, 0.717) is 11.5 Å². The van der Waals surface area contributed by atoms with Gasteiger partial charge in [-0.1, -0.05) is 18.2 Å². The summed E-state index contributed by atoms with van der Waals surface area (Å²) < 4.78 is 2.02. The quantitative estimate of drug-likeness (QED) is 0.519. The third-order valence-electron chi connectivity index (χ3n) is 4.11. The van der Waals surface area contributed by atoms with Crippen LogP contribution in [-0.4, -0.2) is 24.5 Å². The van der Waals surface area contributed by atoms with Crippen LogP contribution in [-0.2, 0) is 0 Å². The second-order valence-electron chi connectivity index (χ2n) is 5.87. The SMILES string of the molecule is CC(Nc1ncnc(N)c1N)c1nc2cccnc2n1-c1ccccc1. The Morgan fingerprint density at radius 2 is 1.81 bits per heavy atom. The van der Waals surface area contributed by atoms with Crippen LogP contribution in [0, 0.1) is 0 Å². The minimum atomic E-state index is -0.194. The Morgan fingerprint density at radius 3 is 2.62 bits per heavy atom. The van der Waals surface area contributed by atoms with Gasteiger partial charge in [-0.05, 0) is 31.2 Å². The molecule has 0 radical (unpaired) electrons. The summed E-state index contributed by atoms with van der Waals surface area (Å²) in [6, 6.07) is 13.6. The van der Waals surface area contributed by atoms with Gasteiger partial charge in [-0.2, -0.15) is 0 Å². The maximum absolute atomic E-state index is 5.98. The summed E-state index contributed by atoms with van der Waals surface area (Å²) in [7, 11) is 0. The zero-order chi connectivity index (χ0) is 18.1. The number of benzene rings is 1. The molecule has 0 saturated heterocycles. The van der Waals surface area contributed by atoms with Gasteiger partial charge in [0.1, 0.15) is 23.4 Å². The van der Waals surface area contributed by atoms with Gasteiger partial charge in [0.05, 0.1) is 6.04 Å². The standard InChI is InChI=1S/C18H18N8/c1-11(24-16-14(19)15(20)22-10-23-16)17-25-13-8-5-9-21-18(13)26(17)12-6-3-2-4-7-12/h2-11H,19H2,1H3,(H3,20,22,23,24). The molecule has 0 aliphatic rings. The van der Waals surface area contributed by atoms with Crippen LogP contribution in [0.4, 0.5) is 17.3 Å². The van der Waals surface area contributed by atoms with E-state index in [1.54, 1.807) is 6.20 Å². The number of nitrogen functional groups attached to an aromatic ring is 2. The number of fused-ring (bicyclic) bond motifs is 1. The van der Waals surface area contributed by atoms with Crippen molar-refractivity contribution in [3.63, 3.8) is 0 Å². The molecule has 0 saturated carbocycles. The van der Waals surface area contributed by atoms with Gasteiger partial charge in [0.25, 0.3) is 0 Å². The number of anilines is 3. The van der Waals surface area contributed by atoms with Crippen LogP contribution in [0.25, 0.3) is 16.9 Å². The van der Waals surface area contributed by atoms with Crippen molar-refractivity contribution in [3.8, 4) is 5.69 Å². The average molecular weight is 346 g/mol. The van der Waals surface area contributed by atoms with E-state index in [2.05, 4.69) is 20.3 Å². The van der Waals surface area contributed by atoms with E-state index in [-0.39, 0.29) is 11.9 Å². The highest BCUT2D eigenvalue weighted by molar-refractivity contribution is 5.75. The molecule has 26 heavy (non-hydrogen) atoms. The highest BCUT2D eigenvalue weighted by Gasteiger charge is 2.20. The third kappa shape index (κ3) is 2.67. The fraction of sp³-hybridized carbons (Fsp3) is 0.111. The number of para-hydroxylation sites is 1. The predicted molar refractivity (Wildman–Crippen MR) is 102 cm³/mol. The van der Waals surface area contributed by atoms with E-state index < -0.39 is 0 Å². The van der Waals surface area contributed by atoms with Crippen LogP contribution < -0.4 is 16.8 Å². The zero-order valence-corrected chi connectivity index (χ0v) is 14.2. The number of nitrogens with one attached hydrogen (secondary N) is 1. The first-order valence-electron chi connectivity index (χ1n) is 8.16. The summed E-state index contributed by atoms with van der Waals surface area (Å²) in [5, 5.41) is 3.27. The smallest absolute Gasteiger partial charge is 0.164 e. The summed E-state index contributed by atoms with van der Waals surface area (Å²) in [5.74, 6) is 1.51. The highest BCUT2D eigenvalue weighted by Crippen LogP contribution is 2.28. The highest BCUT2D eigenvalue weighted by atomic mass is 15.2. The number of hydrogen-bond acceptors (Lipinski definition) is 7. The molecule has 1 unspecified atom stereocenters. The van der Waals surface area contributed by atoms with Crippen molar-refractivity contribution in [1.82, 2.24) is 24.5 Å². The second kappa shape index (κ2) is 6.32. The lowest BCUT2D eigenvalue weighted by atomic mass is 10.2. The largest absolute Gasteiger partial charge is 0.393 e. The average Bonchev–Trinajstić information content (AvgIpc) is 3.06. The molecule has 0 fully saturated rings. The fourth-order valence-corrected chi connectivity index (χ4v) is 2.85. The topological polar surface area (TPSA) is 121 Å². The van der Waals surface area contributed by atoms with Gasteiger partial charge in [-0.3, -0.25) is 4.57 Å². The lowest BCUT2D eigenvalue weighted by Gasteiger charge is -2.17. The lowest BCUT2D eigenvalue weighted by molar-refractivity contribution is 0.766. The molecule has 8 nitrogen and oxygen atoms in total. The van der Waals surface area contributed by atoms with Crippen molar-refractivity contribution >= 4 is 28.5 Å². The van der Waals surface area contributed by atoms with Crippen LogP contribution in [0.5, 0.6) is 0 Å². The molecule has 8 heteroatoms. The van der Waals surface area contributed by atoms with Gasteiger partial charge < -0.3 is 16.8 Å². The van der Waals surface area contributed by atoms with E-state index in [0.717, 1.165) is 22.7 Å². The molecule has 1 atom stereocenters. The Labute approximate surface area is 149 Å². The van der Waals surface area contributed by atoms with Crippen LogP contribution in [0.2, 0.25) is 0 Å². The maximum Gasteiger partial charge on any atom is 0.164 e. The molecule has 4 aromatic rings. The Bertz CT molecular complexity index is 1060. The van der Waals surface area contributed by atoms with E-state index in [1.807, 2.05) is 54.0 Å². The van der Waals surface area contributed by atoms with Crippen molar-refractivity contribution in [2.45, 2.75) is 13.0 Å². The molecule has 0 bridgehead atoms. The van der Waals surface area contributed by atoms with Gasteiger partial charge in [0, 0.05) is 11.9 Å². The number of nitrogens with two attached hydrogens (primary N) is 2. The first-order chi connectivity index (χ1) is 12.6. The molecule has 0 aliphatic carbocycles. The van der Waals surface area contributed by atoms with Crippen LogP contribution in [0.15, 0.2) is 55.0 Å². The lowest BCUT2D eigenvalue weighted by Crippen LogP contribution is -2.16.